The Hall–Kier alpha value is -3.38. The number of carbonyl (C=O) groups is 2. The van der Waals surface area contributed by atoms with Crippen LogP contribution in [0.4, 0.5) is 11.4 Å². The number of nitrogens with zero attached hydrogens (tertiary/aromatic N) is 3. The molecule has 2 aliphatic heterocycles. The van der Waals surface area contributed by atoms with Gasteiger partial charge in [0.05, 0.1) is 31.2 Å². The molecule has 1 saturated heterocycles. The standard InChI is InChI=1S/C27H34N6O4S/c1-36-14-11-28-10-8-25(34)31-21-5-4-6-22(18-21)32-27-29-9-3-2-7-23-20(19-30-27)17-24(38-23)26(35)33-12-15-37-16-13-33/h2,4-7,9,17-18,28H,3,8,10-16,19H2,1H3,(H,30,32)(H,31,34)/b7-2-,29-9-. The van der Waals surface area contributed by atoms with Crippen LogP contribution in [0.2, 0.25) is 0 Å². The number of ether oxygens (including phenoxy) is 2. The second kappa shape index (κ2) is 14.5. The molecule has 202 valence electrons. The molecule has 2 aliphatic rings. The minimum absolute atomic E-state index is 0.0391. The van der Waals surface area contributed by atoms with Crippen molar-refractivity contribution >= 4 is 52.8 Å². The van der Waals surface area contributed by atoms with Crippen LogP contribution < -0.4 is 16.0 Å². The first-order valence-electron chi connectivity index (χ1n) is 12.7. The zero-order valence-corrected chi connectivity index (χ0v) is 22.4. The molecule has 1 aromatic heterocycles. The molecule has 3 N–H and O–H groups in total. The molecule has 0 unspecified atom stereocenters. The number of thiophene rings is 1. The van der Waals surface area contributed by atoms with E-state index in [1.54, 1.807) is 13.3 Å². The third-order valence-corrected chi connectivity index (χ3v) is 7.02. The molecule has 10 nitrogen and oxygen atoms in total. The molecule has 0 atom stereocenters. The molecule has 0 aliphatic carbocycles. The van der Waals surface area contributed by atoms with Crippen molar-refractivity contribution in [3.05, 3.63) is 51.7 Å². The highest BCUT2D eigenvalue weighted by molar-refractivity contribution is 7.15. The van der Waals surface area contributed by atoms with Crippen molar-refractivity contribution in [2.75, 3.05) is 63.7 Å². The average Bonchev–Trinajstić information content (AvgIpc) is 3.34. The molecule has 0 radical (unpaired) electrons. The van der Waals surface area contributed by atoms with Gasteiger partial charge in [-0.25, -0.2) is 9.98 Å². The second-order valence-corrected chi connectivity index (χ2v) is 9.82. The van der Waals surface area contributed by atoms with Crippen LogP contribution >= 0.6 is 11.3 Å². The Bertz CT molecular complexity index is 1190. The Morgan fingerprint density at radius 2 is 2.00 bits per heavy atom. The molecule has 4 rings (SSSR count). The van der Waals surface area contributed by atoms with Gasteiger partial charge in [0.2, 0.25) is 11.9 Å². The number of rotatable bonds is 9. The maximum absolute atomic E-state index is 13.0. The van der Waals surface area contributed by atoms with Crippen molar-refractivity contribution in [3.63, 3.8) is 0 Å². The predicted molar refractivity (Wildman–Crippen MR) is 152 cm³/mol. The zero-order chi connectivity index (χ0) is 26.6. The number of fused-ring (bicyclic) bond motifs is 1. The van der Waals surface area contributed by atoms with Crippen molar-refractivity contribution in [3.8, 4) is 0 Å². The topological polar surface area (TPSA) is 117 Å². The molecule has 1 aromatic carbocycles. The number of nitrogens with one attached hydrogen (secondary N) is 3. The maximum atomic E-state index is 13.0. The lowest BCUT2D eigenvalue weighted by Crippen LogP contribution is -2.40. The summed E-state index contributed by atoms with van der Waals surface area (Å²) in [6.45, 7) is 4.66. The van der Waals surface area contributed by atoms with Crippen LogP contribution in [0.25, 0.3) is 6.08 Å². The van der Waals surface area contributed by atoms with Crippen LogP contribution in [-0.4, -0.2) is 82.0 Å². The number of hydrogen-bond donors (Lipinski definition) is 3. The maximum Gasteiger partial charge on any atom is 0.264 e. The predicted octanol–water partition coefficient (Wildman–Crippen LogP) is 3.24. The fraction of sp³-hybridized carbons (Fsp3) is 0.407. The van der Waals surface area contributed by atoms with Gasteiger partial charge in [-0.15, -0.1) is 11.3 Å². The van der Waals surface area contributed by atoms with Crippen LogP contribution in [0.5, 0.6) is 0 Å². The highest BCUT2D eigenvalue weighted by atomic mass is 32.1. The normalized spacial score (nSPS) is 18.6. The Kier molecular flexibility index (Phi) is 10.6. The molecule has 0 saturated carbocycles. The van der Waals surface area contributed by atoms with Gasteiger partial charge in [-0.2, -0.15) is 0 Å². The lowest BCUT2D eigenvalue weighted by atomic mass is 10.2. The Morgan fingerprint density at radius 3 is 2.84 bits per heavy atom. The van der Waals surface area contributed by atoms with Gasteiger partial charge in [-0.05, 0) is 35.9 Å². The monoisotopic (exact) mass is 538 g/mol. The summed E-state index contributed by atoms with van der Waals surface area (Å²) in [6, 6.07) is 9.39. The van der Waals surface area contributed by atoms with E-state index in [0.717, 1.165) is 16.1 Å². The molecular formula is C27H34N6O4S. The number of hydrogen-bond acceptors (Lipinski definition) is 9. The molecule has 2 aromatic rings. The van der Waals surface area contributed by atoms with E-state index in [1.165, 1.54) is 11.3 Å². The van der Waals surface area contributed by atoms with Crippen molar-refractivity contribution in [2.24, 2.45) is 9.98 Å². The van der Waals surface area contributed by atoms with E-state index in [4.69, 9.17) is 14.5 Å². The number of carbonyl (C=O) groups excluding carboxylic acids is 2. The number of allylic oxidation sites excluding steroid dienone is 1. The van der Waals surface area contributed by atoms with E-state index in [-0.39, 0.29) is 11.8 Å². The summed E-state index contributed by atoms with van der Waals surface area (Å²) in [5.41, 5.74) is 2.44. The molecule has 3 heterocycles. The third kappa shape index (κ3) is 8.32. The van der Waals surface area contributed by atoms with E-state index in [9.17, 15) is 9.59 Å². The van der Waals surface area contributed by atoms with Crippen molar-refractivity contribution in [2.45, 2.75) is 19.4 Å². The van der Waals surface area contributed by atoms with Gasteiger partial charge in [0.1, 0.15) is 0 Å². The number of guanidine groups is 1. The first kappa shape index (κ1) is 27.6. The quantitative estimate of drug-likeness (QED) is 0.422. The van der Waals surface area contributed by atoms with Crippen molar-refractivity contribution < 1.29 is 19.1 Å². The summed E-state index contributed by atoms with van der Waals surface area (Å²) >= 11 is 1.49. The molecule has 0 spiro atoms. The minimum Gasteiger partial charge on any atom is -0.383 e. The zero-order valence-electron chi connectivity index (χ0n) is 21.6. The summed E-state index contributed by atoms with van der Waals surface area (Å²) in [4.78, 5) is 38.0. The number of morpholine rings is 1. The molecule has 0 bridgehead atoms. The van der Waals surface area contributed by atoms with E-state index in [0.29, 0.717) is 81.9 Å². The average molecular weight is 539 g/mol. The molecule has 11 heteroatoms. The Morgan fingerprint density at radius 1 is 1.16 bits per heavy atom. The summed E-state index contributed by atoms with van der Waals surface area (Å²) in [5.74, 6) is 0.432. The first-order valence-corrected chi connectivity index (χ1v) is 13.5. The van der Waals surface area contributed by atoms with Crippen LogP contribution in [0.3, 0.4) is 0 Å². The number of amides is 2. The second-order valence-electron chi connectivity index (χ2n) is 8.74. The van der Waals surface area contributed by atoms with E-state index in [2.05, 4.69) is 20.9 Å². The van der Waals surface area contributed by atoms with Crippen molar-refractivity contribution in [1.82, 2.24) is 10.2 Å². The van der Waals surface area contributed by atoms with Gasteiger partial charge in [-0.1, -0.05) is 12.1 Å². The number of aliphatic imine (C=N–C) groups is 2. The Labute approximate surface area is 226 Å². The van der Waals surface area contributed by atoms with Gasteiger partial charge < -0.3 is 30.3 Å². The minimum atomic E-state index is -0.0691. The fourth-order valence-electron chi connectivity index (χ4n) is 3.91. The van der Waals surface area contributed by atoms with Crippen LogP contribution in [0.15, 0.2) is 46.4 Å². The van der Waals surface area contributed by atoms with Crippen LogP contribution in [0, 0.1) is 0 Å². The van der Waals surface area contributed by atoms with Gasteiger partial charge >= 0.3 is 0 Å². The highest BCUT2D eigenvalue weighted by Gasteiger charge is 2.21. The summed E-state index contributed by atoms with van der Waals surface area (Å²) in [5, 5.41) is 9.34. The van der Waals surface area contributed by atoms with Crippen LogP contribution in [-0.2, 0) is 20.8 Å². The van der Waals surface area contributed by atoms with Gasteiger partial charge in [0.25, 0.3) is 5.91 Å². The fourth-order valence-corrected chi connectivity index (χ4v) is 4.98. The first-order chi connectivity index (χ1) is 18.6. The number of anilines is 2. The van der Waals surface area contributed by atoms with E-state index in [1.807, 2.05) is 47.4 Å². The smallest absolute Gasteiger partial charge is 0.264 e. The van der Waals surface area contributed by atoms with Crippen molar-refractivity contribution in [1.29, 1.82) is 0 Å². The molecular weight excluding hydrogens is 504 g/mol. The molecule has 38 heavy (non-hydrogen) atoms. The van der Waals surface area contributed by atoms with Gasteiger partial charge in [0, 0.05) is 68.6 Å². The lowest BCUT2D eigenvalue weighted by Gasteiger charge is -2.26. The summed E-state index contributed by atoms with van der Waals surface area (Å²) in [6.07, 6.45) is 6.87. The van der Waals surface area contributed by atoms with E-state index >= 15 is 0 Å². The summed E-state index contributed by atoms with van der Waals surface area (Å²) < 4.78 is 10.4. The van der Waals surface area contributed by atoms with Crippen LogP contribution in [0.1, 0.15) is 33.0 Å². The number of benzene rings is 1. The summed E-state index contributed by atoms with van der Waals surface area (Å²) in [7, 11) is 1.65. The highest BCUT2D eigenvalue weighted by Crippen LogP contribution is 2.27. The SMILES string of the molecule is COCCNCCC(=O)Nc1cccc(NC2=N/Cc3cc(C(=O)N4CCOCC4)sc3/C=C\C/C=N\2)c1. The lowest BCUT2D eigenvalue weighted by molar-refractivity contribution is -0.116. The molecule has 2 amide bonds. The van der Waals surface area contributed by atoms with Gasteiger partial charge in [0.15, 0.2) is 0 Å². The number of methoxy groups -OCH3 is 1. The molecule has 1 fully saturated rings. The third-order valence-electron chi connectivity index (χ3n) is 5.89. The van der Waals surface area contributed by atoms with E-state index < -0.39 is 0 Å². The Balaban J connectivity index is 1.39. The van der Waals surface area contributed by atoms with Gasteiger partial charge in [-0.3, -0.25) is 9.59 Å². The largest absolute Gasteiger partial charge is 0.383 e.